The number of carbonyl (C=O) groups is 2. The molecule has 2 aromatic carbocycles. The fourth-order valence-electron chi connectivity index (χ4n) is 2.69. The molecule has 0 aliphatic rings. The van der Waals surface area contributed by atoms with Gasteiger partial charge in [-0.15, -0.1) is 0 Å². The molecule has 0 spiro atoms. The van der Waals surface area contributed by atoms with E-state index in [2.05, 4.69) is 21.1 Å². The highest BCUT2D eigenvalue weighted by atomic mass is 16.2. The first-order valence-corrected chi connectivity index (χ1v) is 9.99. The maximum atomic E-state index is 12.0. The van der Waals surface area contributed by atoms with Gasteiger partial charge in [0.25, 0.3) is 0 Å². The van der Waals surface area contributed by atoms with Crippen LogP contribution >= 0.6 is 0 Å². The molecule has 0 saturated heterocycles. The van der Waals surface area contributed by atoms with Crippen molar-refractivity contribution in [3.8, 4) is 0 Å². The van der Waals surface area contributed by atoms with Crippen molar-refractivity contribution in [2.24, 2.45) is 10.2 Å². The quantitative estimate of drug-likeness (QED) is 0.536. The Bertz CT molecular complexity index is 925. The van der Waals surface area contributed by atoms with Gasteiger partial charge in [0, 0.05) is 12.8 Å². The number of benzene rings is 2. The second kappa shape index (κ2) is 10.5. The second-order valence-electron chi connectivity index (χ2n) is 7.56. The number of nitrogens with one attached hydrogen (secondary N) is 2. The monoisotopic (exact) mass is 406 g/mol. The molecule has 2 N–H and O–H groups in total. The van der Waals surface area contributed by atoms with Gasteiger partial charge >= 0.3 is 0 Å². The first-order chi connectivity index (χ1) is 14.2. The summed E-state index contributed by atoms with van der Waals surface area (Å²) in [6.45, 7) is 11.8. The minimum Gasteiger partial charge on any atom is -0.273 e. The smallest absolute Gasteiger partial charge is 0.240 e. The summed E-state index contributed by atoms with van der Waals surface area (Å²) in [6.07, 6.45) is 0.0709. The van der Waals surface area contributed by atoms with Gasteiger partial charge in [-0.25, -0.2) is 10.9 Å². The topological polar surface area (TPSA) is 82.9 Å². The molecule has 158 valence electrons. The molecule has 0 unspecified atom stereocenters. The van der Waals surface area contributed by atoms with Crippen LogP contribution in [0.2, 0.25) is 0 Å². The van der Waals surface area contributed by atoms with Crippen LogP contribution in [0.15, 0.2) is 46.6 Å². The molecule has 6 heteroatoms. The van der Waals surface area contributed by atoms with Crippen molar-refractivity contribution in [2.75, 3.05) is 0 Å². The lowest BCUT2D eigenvalue weighted by molar-refractivity contribution is -0.126. The molecule has 0 aromatic heterocycles. The van der Waals surface area contributed by atoms with Crippen LogP contribution in [-0.2, 0) is 9.59 Å². The number of rotatable bonds is 7. The van der Waals surface area contributed by atoms with Gasteiger partial charge in [0.15, 0.2) is 0 Å². The highest BCUT2D eigenvalue weighted by molar-refractivity contribution is 6.00. The standard InChI is InChI=1S/C24H30N4O2/c1-15-7-9-21(13-17(15)3)19(5)25-27-23(29)11-12-24(30)28-26-20(6)22-10-8-16(2)18(4)14-22/h7-10,13-14H,11-12H2,1-6H3,(H,27,29)(H,28,30)/b25-19+,26-20+. The van der Waals surface area contributed by atoms with E-state index in [4.69, 9.17) is 0 Å². The number of hydrazone groups is 2. The van der Waals surface area contributed by atoms with Crippen molar-refractivity contribution in [1.29, 1.82) is 0 Å². The van der Waals surface area contributed by atoms with Crippen LogP contribution in [0.25, 0.3) is 0 Å². The van der Waals surface area contributed by atoms with E-state index >= 15 is 0 Å². The lowest BCUT2D eigenvalue weighted by Gasteiger charge is -2.06. The third kappa shape index (κ3) is 6.65. The van der Waals surface area contributed by atoms with Crippen molar-refractivity contribution in [3.05, 3.63) is 69.8 Å². The molecule has 0 bridgehead atoms. The molecule has 6 nitrogen and oxygen atoms in total. The Balaban J connectivity index is 1.82. The first kappa shape index (κ1) is 23.0. The number of hydrogen-bond acceptors (Lipinski definition) is 4. The van der Waals surface area contributed by atoms with Gasteiger partial charge < -0.3 is 0 Å². The van der Waals surface area contributed by atoms with Crippen molar-refractivity contribution >= 4 is 23.2 Å². The van der Waals surface area contributed by atoms with Crippen molar-refractivity contribution in [1.82, 2.24) is 10.9 Å². The zero-order valence-corrected chi connectivity index (χ0v) is 18.6. The Labute approximate surface area is 178 Å². The van der Waals surface area contributed by atoms with Crippen LogP contribution < -0.4 is 10.9 Å². The van der Waals surface area contributed by atoms with Crippen LogP contribution in [0.5, 0.6) is 0 Å². The Kier molecular flexibility index (Phi) is 8.04. The van der Waals surface area contributed by atoms with Crippen LogP contribution in [0.4, 0.5) is 0 Å². The lowest BCUT2D eigenvalue weighted by atomic mass is 10.0. The molecule has 2 amide bonds. The zero-order chi connectivity index (χ0) is 22.3. The predicted molar refractivity (Wildman–Crippen MR) is 122 cm³/mol. The summed E-state index contributed by atoms with van der Waals surface area (Å²) in [4.78, 5) is 24.0. The van der Waals surface area contributed by atoms with E-state index in [0.717, 1.165) is 11.1 Å². The van der Waals surface area contributed by atoms with E-state index in [1.165, 1.54) is 22.3 Å². The number of amides is 2. The third-order valence-corrected chi connectivity index (χ3v) is 5.13. The molecule has 0 fully saturated rings. The number of carbonyl (C=O) groups excluding carboxylic acids is 2. The Morgan fingerprint density at radius 3 is 1.37 bits per heavy atom. The summed E-state index contributed by atoms with van der Waals surface area (Å²) in [5.41, 5.74) is 13.1. The van der Waals surface area contributed by atoms with Gasteiger partial charge in [0.2, 0.25) is 11.8 Å². The molecular weight excluding hydrogens is 376 g/mol. The van der Waals surface area contributed by atoms with E-state index in [0.29, 0.717) is 11.4 Å². The summed E-state index contributed by atoms with van der Waals surface area (Å²) >= 11 is 0. The van der Waals surface area contributed by atoms with Crippen molar-refractivity contribution < 1.29 is 9.59 Å². The van der Waals surface area contributed by atoms with Crippen molar-refractivity contribution in [2.45, 2.75) is 54.4 Å². The van der Waals surface area contributed by atoms with Crippen molar-refractivity contribution in [3.63, 3.8) is 0 Å². The Morgan fingerprint density at radius 1 is 0.667 bits per heavy atom. The van der Waals surface area contributed by atoms with Gasteiger partial charge in [-0.05, 0) is 87.1 Å². The van der Waals surface area contributed by atoms with Gasteiger partial charge in [-0.3, -0.25) is 9.59 Å². The summed E-state index contributed by atoms with van der Waals surface area (Å²) in [5.74, 6) is -0.633. The summed E-state index contributed by atoms with van der Waals surface area (Å²) < 4.78 is 0. The molecular formula is C24H30N4O2. The van der Waals surface area contributed by atoms with E-state index in [9.17, 15) is 9.59 Å². The number of aryl methyl sites for hydroxylation is 4. The van der Waals surface area contributed by atoms with E-state index in [1.54, 1.807) is 0 Å². The minimum atomic E-state index is -0.316. The predicted octanol–water partition coefficient (Wildman–Crippen LogP) is 4.08. The highest BCUT2D eigenvalue weighted by Crippen LogP contribution is 2.11. The molecule has 30 heavy (non-hydrogen) atoms. The average molecular weight is 407 g/mol. The fraction of sp³-hybridized carbons (Fsp3) is 0.333. The van der Waals surface area contributed by atoms with E-state index < -0.39 is 0 Å². The molecule has 2 aromatic rings. The SMILES string of the molecule is C/C(=N\NC(=O)CCC(=O)N/N=C(\C)c1ccc(C)c(C)c1)c1ccc(C)c(C)c1. The van der Waals surface area contributed by atoms with Gasteiger partial charge in [-0.2, -0.15) is 10.2 Å². The summed E-state index contributed by atoms with van der Waals surface area (Å²) in [6, 6.07) is 12.0. The van der Waals surface area contributed by atoms with Crippen LogP contribution in [0.3, 0.4) is 0 Å². The third-order valence-electron chi connectivity index (χ3n) is 5.13. The average Bonchev–Trinajstić information content (AvgIpc) is 2.72. The molecule has 2 rings (SSSR count). The summed E-state index contributed by atoms with van der Waals surface area (Å²) in [7, 11) is 0. The molecule has 0 heterocycles. The maximum absolute atomic E-state index is 12.0. The Hall–Kier alpha value is -3.28. The number of hydrogen-bond donors (Lipinski definition) is 2. The molecule has 0 radical (unpaired) electrons. The second-order valence-corrected chi connectivity index (χ2v) is 7.56. The first-order valence-electron chi connectivity index (χ1n) is 9.99. The maximum Gasteiger partial charge on any atom is 0.240 e. The molecule has 0 aliphatic carbocycles. The van der Waals surface area contributed by atoms with Gasteiger partial charge in [0.05, 0.1) is 11.4 Å². The zero-order valence-electron chi connectivity index (χ0n) is 18.6. The van der Waals surface area contributed by atoms with E-state index in [-0.39, 0.29) is 24.7 Å². The van der Waals surface area contributed by atoms with E-state index in [1.807, 2.05) is 77.9 Å². The van der Waals surface area contributed by atoms with Gasteiger partial charge in [-0.1, -0.05) is 24.3 Å². The van der Waals surface area contributed by atoms with Gasteiger partial charge in [0.1, 0.15) is 0 Å². The van der Waals surface area contributed by atoms with Crippen LogP contribution in [0, 0.1) is 27.7 Å². The molecule has 0 atom stereocenters. The molecule has 0 saturated carbocycles. The summed E-state index contributed by atoms with van der Waals surface area (Å²) in [5, 5.41) is 8.26. The Morgan fingerprint density at radius 2 is 1.03 bits per heavy atom. The lowest BCUT2D eigenvalue weighted by Crippen LogP contribution is -2.24. The molecule has 0 aliphatic heterocycles. The fourth-order valence-corrected chi connectivity index (χ4v) is 2.69. The van der Waals surface area contributed by atoms with Crippen LogP contribution in [-0.4, -0.2) is 23.2 Å². The van der Waals surface area contributed by atoms with Crippen LogP contribution in [0.1, 0.15) is 60.1 Å². The number of nitrogens with zero attached hydrogens (tertiary/aromatic N) is 2. The minimum absolute atomic E-state index is 0.0355. The normalized spacial score (nSPS) is 11.9. The highest BCUT2D eigenvalue weighted by Gasteiger charge is 2.07. The largest absolute Gasteiger partial charge is 0.273 e.